The predicted molar refractivity (Wildman–Crippen MR) is 86.3 cm³/mol. The fourth-order valence-electron chi connectivity index (χ4n) is 1.72. The number of esters is 1. The Balaban J connectivity index is 1.95. The number of ether oxygens (including phenoxy) is 2. The van der Waals surface area contributed by atoms with E-state index in [2.05, 4.69) is 15.9 Å². The number of hydrogen-bond acceptors (Lipinski definition) is 4. The molecule has 2 aromatic rings. The van der Waals surface area contributed by atoms with Crippen LogP contribution in [0.5, 0.6) is 11.5 Å². The molecule has 0 bridgehead atoms. The quantitative estimate of drug-likeness (QED) is 0.457. The highest BCUT2D eigenvalue weighted by Crippen LogP contribution is 2.18. The number of Topliss-reactive ketones (excluding diaryl/α,β-unsaturated/α-hetero) is 1. The Kier molecular flexibility index (Phi) is 5.33. The van der Waals surface area contributed by atoms with Gasteiger partial charge in [-0.25, -0.2) is 4.79 Å². The maximum absolute atomic E-state index is 12.0. The van der Waals surface area contributed by atoms with Crippen molar-refractivity contribution < 1.29 is 19.1 Å². The molecule has 0 saturated carbocycles. The fraction of sp³-hybridized carbons (Fsp3) is 0.176. The summed E-state index contributed by atoms with van der Waals surface area (Å²) in [5.74, 6) is 0.421. The molecule has 0 heterocycles. The van der Waals surface area contributed by atoms with Crippen LogP contribution in [0.1, 0.15) is 24.2 Å². The van der Waals surface area contributed by atoms with Crippen LogP contribution in [0.25, 0.3) is 0 Å². The van der Waals surface area contributed by atoms with Crippen LogP contribution in [0.3, 0.4) is 0 Å². The summed E-state index contributed by atoms with van der Waals surface area (Å²) in [7, 11) is 0. The summed E-state index contributed by atoms with van der Waals surface area (Å²) in [6, 6.07) is 13.6. The van der Waals surface area contributed by atoms with E-state index in [0.717, 1.165) is 4.47 Å². The molecule has 0 aliphatic carbocycles. The summed E-state index contributed by atoms with van der Waals surface area (Å²) in [5.41, 5.74) is 0.568. The smallest absolute Gasteiger partial charge is 0.352 e. The molecule has 4 nitrogen and oxygen atoms in total. The van der Waals surface area contributed by atoms with Gasteiger partial charge in [0.15, 0.2) is 11.9 Å². The molecule has 0 saturated heterocycles. The van der Waals surface area contributed by atoms with Crippen LogP contribution in [0.4, 0.5) is 0 Å². The molecule has 0 unspecified atom stereocenters. The van der Waals surface area contributed by atoms with E-state index in [0.29, 0.717) is 17.1 Å². The van der Waals surface area contributed by atoms with Gasteiger partial charge in [0.25, 0.3) is 0 Å². The van der Waals surface area contributed by atoms with Crippen LogP contribution in [0.2, 0.25) is 0 Å². The van der Waals surface area contributed by atoms with E-state index in [4.69, 9.17) is 9.47 Å². The molecular weight excluding hydrogens is 348 g/mol. The SMILES string of the molecule is CC(=O)c1ccc(OC(=O)[C@H](C)Oc2ccc(Br)cc2)cc1. The molecule has 114 valence electrons. The van der Waals surface area contributed by atoms with Gasteiger partial charge in [-0.3, -0.25) is 4.79 Å². The number of rotatable bonds is 5. The number of benzene rings is 2. The lowest BCUT2D eigenvalue weighted by Crippen LogP contribution is -2.28. The molecule has 0 aliphatic rings. The zero-order valence-electron chi connectivity index (χ0n) is 12.2. The van der Waals surface area contributed by atoms with Gasteiger partial charge in [0, 0.05) is 10.0 Å². The molecule has 2 rings (SSSR count). The third-order valence-electron chi connectivity index (χ3n) is 2.94. The van der Waals surface area contributed by atoms with Gasteiger partial charge in [-0.15, -0.1) is 0 Å². The van der Waals surface area contributed by atoms with Crippen LogP contribution in [-0.4, -0.2) is 17.9 Å². The van der Waals surface area contributed by atoms with Crippen LogP contribution >= 0.6 is 15.9 Å². The minimum absolute atomic E-state index is 0.0372. The van der Waals surface area contributed by atoms with Gasteiger partial charge in [-0.2, -0.15) is 0 Å². The molecule has 0 radical (unpaired) electrons. The van der Waals surface area contributed by atoms with E-state index in [1.54, 1.807) is 43.3 Å². The van der Waals surface area contributed by atoms with Crippen molar-refractivity contribution in [1.82, 2.24) is 0 Å². The molecular formula is C17H15BrO4. The average Bonchev–Trinajstić information content (AvgIpc) is 2.50. The number of halogens is 1. The molecule has 0 N–H and O–H groups in total. The highest BCUT2D eigenvalue weighted by atomic mass is 79.9. The average molecular weight is 363 g/mol. The molecule has 0 fully saturated rings. The number of ketones is 1. The van der Waals surface area contributed by atoms with Gasteiger partial charge in [0.2, 0.25) is 0 Å². The Hall–Kier alpha value is -2.14. The predicted octanol–water partition coefficient (Wildman–Crippen LogP) is 4.02. The van der Waals surface area contributed by atoms with Crippen molar-refractivity contribution in [3.05, 3.63) is 58.6 Å². The maximum atomic E-state index is 12.0. The normalized spacial score (nSPS) is 11.6. The topological polar surface area (TPSA) is 52.6 Å². The minimum atomic E-state index is -0.742. The Morgan fingerprint density at radius 1 is 0.955 bits per heavy atom. The van der Waals surface area contributed by atoms with Crippen molar-refractivity contribution in [2.45, 2.75) is 20.0 Å². The largest absolute Gasteiger partial charge is 0.479 e. The van der Waals surface area contributed by atoms with Crippen molar-refractivity contribution in [2.24, 2.45) is 0 Å². The zero-order chi connectivity index (χ0) is 16.1. The first-order valence-electron chi connectivity index (χ1n) is 6.70. The third kappa shape index (κ3) is 4.43. The van der Waals surface area contributed by atoms with E-state index >= 15 is 0 Å². The Bertz CT molecular complexity index is 662. The lowest BCUT2D eigenvalue weighted by atomic mass is 10.1. The molecule has 0 amide bonds. The van der Waals surface area contributed by atoms with Gasteiger partial charge < -0.3 is 9.47 Å². The highest BCUT2D eigenvalue weighted by Gasteiger charge is 2.17. The monoisotopic (exact) mass is 362 g/mol. The van der Waals surface area contributed by atoms with Crippen LogP contribution in [-0.2, 0) is 4.79 Å². The van der Waals surface area contributed by atoms with Crippen LogP contribution < -0.4 is 9.47 Å². The van der Waals surface area contributed by atoms with E-state index in [-0.39, 0.29) is 5.78 Å². The van der Waals surface area contributed by atoms with Gasteiger partial charge >= 0.3 is 5.97 Å². The highest BCUT2D eigenvalue weighted by molar-refractivity contribution is 9.10. The van der Waals surface area contributed by atoms with Gasteiger partial charge in [0.1, 0.15) is 11.5 Å². The second-order valence-corrected chi connectivity index (χ2v) is 5.63. The number of hydrogen-bond donors (Lipinski definition) is 0. The molecule has 5 heteroatoms. The van der Waals surface area contributed by atoms with Crippen molar-refractivity contribution in [3.63, 3.8) is 0 Å². The molecule has 22 heavy (non-hydrogen) atoms. The number of carbonyl (C=O) groups is 2. The number of carbonyl (C=O) groups excluding carboxylic acids is 2. The zero-order valence-corrected chi connectivity index (χ0v) is 13.8. The van der Waals surface area contributed by atoms with Crippen molar-refractivity contribution >= 4 is 27.7 Å². The Labute approximate surface area is 137 Å². The molecule has 0 spiro atoms. The van der Waals surface area contributed by atoms with Gasteiger partial charge in [-0.1, -0.05) is 15.9 Å². The minimum Gasteiger partial charge on any atom is -0.479 e. The fourth-order valence-corrected chi connectivity index (χ4v) is 1.99. The Morgan fingerprint density at radius 2 is 1.50 bits per heavy atom. The summed E-state index contributed by atoms with van der Waals surface area (Å²) in [6.45, 7) is 3.10. The molecule has 0 aromatic heterocycles. The lowest BCUT2D eigenvalue weighted by molar-refractivity contribution is -0.141. The van der Waals surface area contributed by atoms with E-state index < -0.39 is 12.1 Å². The van der Waals surface area contributed by atoms with E-state index in [1.165, 1.54) is 6.92 Å². The summed E-state index contributed by atoms with van der Waals surface area (Å²) >= 11 is 3.33. The van der Waals surface area contributed by atoms with E-state index in [9.17, 15) is 9.59 Å². The van der Waals surface area contributed by atoms with Crippen LogP contribution in [0.15, 0.2) is 53.0 Å². The van der Waals surface area contributed by atoms with Crippen LogP contribution in [0, 0.1) is 0 Å². The third-order valence-corrected chi connectivity index (χ3v) is 3.47. The first kappa shape index (κ1) is 16.2. The van der Waals surface area contributed by atoms with Gasteiger partial charge in [0.05, 0.1) is 0 Å². The van der Waals surface area contributed by atoms with Crippen molar-refractivity contribution in [1.29, 1.82) is 0 Å². The second-order valence-electron chi connectivity index (χ2n) is 4.72. The standard InChI is InChI=1S/C17H15BrO4/c1-11(19)13-3-7-16(8-4-13)22-17(20)12(2)21-15-9-5-14(18)6-10-15/h3-10,12H,1-2H3/t12-/m0/s1. The Morgan fingerprint density at radius 3 is 2.05 bits per heavy atom. The maximum Gasteiger partial charge on any atom is 0.352 e. The molecule has 2 aromatic carbocycles. The summed E-state index contributed by atoms with van der Waals surface area (Å²) < 4.78 is 11.7. The summed E-state index contributed by atoms with van der Waals surface area (Å²) in [6.07, 6.45) is -0.742. The molecule has 1 atom stereocenters. The lowest BCUT2D eigenvalue weighted by Gasteiger charge is -2.14. The van der Waals surface area contributed by atoms with Gasteiger partial charge in [-0.05, 0) is 62.4 Å². The summed E-state index contributed by atoms with van der Waals surface area (Å²) in [4.78, 5) is 23.2. The first-order valence-corrected chi connectivity index (χ1v) is 7.50. The summed E-state index contributed by atoms with van der Waals surface area (Å²) in [5, 5.41) is 0. The second kappa shape index (κ2) is 7.22. The first-order chi connectivity index (χ1) is 10.5. The van der Waals surface area contributed by atoms with E-state index in [1.807, 2.05) is 12.1 Å². The molecule has 0 aliphatic heterocycles. The van der Waals surface area contributed by atoms with Crippen molar-refractivity contribution in [3.8, 4) is 11.5 Å². The van der Waals surface area contributed by atoms with Crippen molar-refractivity contribution in [2.75, 3.05) is 0 Å².